The summed E-state index contributed by atoms with van der Waals surface area (Å²) in [4.78, 5) is 13.6. The number of aromatic hydroxyl groups is 1. The van der Waals surface area contributed by atoms with Crippen molar-refractivity contribution in [2.24, 2.45) is 0 Å². The Kier molecular flexibility index (Phi) is 3.49. The van der Waals surface area contributed by atoms with E-state index >= 15 is 0 Å². The molecule has 5 heteroatoms. The molecule has 1 aliphatic heterocycles. The Balaban J connectivity index is 2.24. The molecular weight excluding hydrogens is 220 g/mol. The number of anilines is 1. The predicted octanol–water partition coefficient (Wildman–Crippen LogP) is 0.343. The molecule has 1 aromatic rings. The summed E-state index contributed by atoms with van der Waals surface area (Å²) in [5.41, 5.74) is 0.835. The molecule has 1 aliphatic rings. The molecule has 1 atom stereocenters. The fraction of sp³-hybridized carbons (Fsp3) is 0.417. The van der Waals surface area contributed by atoms with Crippen LogP contribution >= 0.6 is 0 Å². The zero-order valence-electron chi connectivity index (χ0n) is 9.72. The summed E-state index contributed by atoms with van der Waals surface area (Å²) < 4.78 is 4.79. The first kappa shape index (κ1) is 11.7. The second-order valence-corrected chi connectivity index (χ2v) is 3.96. The quantitative estimate of drug-likeness (QED) is 0.725. The SMILES string of the molecule is COC(=O)C1CNCCN1c1cccc(O)c1. The molecule has 0 saturated carbocycles. The van der Waals surface area contributed by atoms with Gasteiger partial charge in [0.2, 0.25) is 0 Å². The van der Waals surface area contributed by atoms with Gasteiger partial charge in [-0.05, 0) is 12.1 Å². The largest absolute Gasteiger partial charge is 0.508 e. The first-order valence-electron chi connectivity index (χ1n) is 5.56. The molecular formula is C12H16N2O3. The van der Waals surface area contributed by atoms with Crippen molar-refractivity contribution >= 4 is 11.7 Å². The van der Waals surface area contributed by atoms with Gasteiger partial charge >= 0.3 is 5.97 Å². The number of phenols is 1. The average molecular weight is 236 g/mol. The van der Waals surface area contributed by atoms with Crippen LogP contribution in [0.2, 0.25) is 0 Å². The highest BCUT2D eigenvalue weighted by molar-refractivity contribution is 5.80. The Bertz CT molecular complexity index is 408. The third-order valence-electron chi connectivity index (χ3n) is 2.88. The van der Waals surface area contributed by atoms with Gasteiger partial charge in [0.25, 0.3) is 0 Å². The Labute approximate surface area is 100.0 Å². The van der Waals surface area contributed by atoms with E-state index in [1.807, 2.05) is 11.0 Å². The first-order valence-corrected chi connectivity index (χ1v) is 5.56. The number of hydrogen-bond acceptors (Lipinski definition) is 5. The highest BCUT2D eigenvalue weighted by Gasteiger charge is 2.29. The van der Waals surface area contributed by atoms with E-state index in [4.69, 9.17) is 4.74 Å². The third-order valence-corrected chi connectivity index (χ3v) is 2.88. The number of methoxy groups -OCH3 is 1. The van der Waals surface area contributed by atoms with Crippen LogP contribution in [0.3, 0.4) is 0 Å². The molecule has 0 aromatic heterocycles. The monoisotopic (exact) mass is 236 g/mol. The van der Waals surface area contributed by atoms with Crippen LogP contribution in [0.15, 0.2) is 24.3 Å². The average Bonchev–Trinajstić information content (AvgIpc) is 2.38. The number of nitrogens with zero attached hydrogens (tertiary/aromatic N) is 1. The van der Waals surface area contributed by atoms with Crippen LogP contribution in [0, 0.1) is 0 Å². The number of carbonyl (C=O) groups excluding carboxylic acids is 1. The molecule has 0 amide bonds. The number of esters is 1. The number of nitrogens with one attached hydrogen (secondary N) is 1. The number of benzene rings is 1. The summed E-state index contributed by atoms with van der Waals surface area (Å²) >= 11 is 0. The summed E-state index contributed by atoms with van der Waals surface area (Å²) in [6.07, 6.45) is 0. The molecule has 1 unspecified atom stereocenters. The van der Waals surface area contributed by atoms with Crippen molar-refractivity contribution in [2.45, 2.75) is 6.04 Å². The van der Waals surface area contributed by atoms with Crippen LogP contribution < -0.4 is 10.2 Å². The van der Waals surface area contributed by atoms with Gasteiger partial charge in [-0.2, -0.15) is 0 Å². The van der Waals surface area contributed by atoms with Gasteiger partial charge < -0.3 is 20.1 Å². The fourth-order valence-electron chi connectivity index (χ4n) is 2.03. The van der Waals surface area contributed by atoms with Crippen LogP contribution in [0.25, 0.3) is 0 Å². The van der Waals surface area contributed by atoms with Gasteiger partial charge in [-0.1, -0.05) is 6.07 Å². The highest BCUT2D eigenvalue weighted by Crippen LogP contribution is 2.23. The molecule has 2 N–H and O–H groups in total. The number of carbonyl (C=O) groups is 1. The van der Waals surface area contributed by atoms with Crippen molar-refractivity contribution in [3.8, 4) is 5.75 Å². The van der Waals surface area contributed by atoms with E-state index in [-0.39, 0.29) is 17.8 Å². The standard InChI is InChI=1S/C12H16N2O3/c1-17-12(16)11-8-13-5-6-14(11)9-3-2-4-10(15)7-9/h2-4,7,11,13,15H,5-6,8H2,1H3. The second kappa shape index (κ2) is 5.05. The van der Waals surface area contributed by atoms with E-state index in [9.17, 15) is 9.90 Å². The maximum atomic E-state index is 11.7. The smallest absolute Gasteiger partial charge is 0.329 e. The van der Waals surface area contributed by atoms with Gasteiger partial charge in [-0.3, -0.25) is 0 Å². The van der Waals surface area contributed by atoms with Crippen LogP contribution in [-0.2, 0) is 9.53 Å². The lowest BCUT2D eigenvalue weighted by Gasteiger charge is -2.36. The Hall–Kier alpha value is -1.75. The summed E-state index contributed by atoms with van der Waals surface area (Å²) in [7, 11) is 1.39. The molecule has 1 aromatic carbocycles. The topological polar surface area (TPSA) is 61.8 Å². The van der Waals surface area contributed by atoms with E-state index in [0.717, 1.165) is 12.2 Å². The second-order valence-electron chi connectivity index (χ2n) is 3.96. The normalized spacial score (nSPS) is 20.1. The van der Waals surface area contributed by atoms with Gasteiger partial charge in [0.15, 0.2) is 0 Å². The highest BCUT2D eigenvalue weighted by atomic mass is 16.5. The van der Waals surface area contributed by atoms with Crippen molar-refractivity contribution in [3.05, 3.63) is 24.3 Å². The third kappa shape index (κ3) is 2.50. The lowest BCUT2D eigenvalue weighted by Crippen LogP contribution is -2.55. The lowest BCUT2D eigenvalue weighted by molar-refractivity contribution is -0.142. The van der Waals surface area contributed by atoms with Gasteiger partial charge in [0.1, 0.15) is 11.8 Å². The molecule has 5 nitrogen and oxygen atoms in total. The minimum Gasteiger partial charge on any atom is -0.508 e. The number of phenolic OH excluding ortho intramolecular Hbond substituents is 1. The molecule has 17 heavy (non-hydrogen) atoms. The van der Waals surface area contributed by atoms with Crippen LogP contribution in [-0.4, -0.2) is 43.9 Å². The van der Waals surface area contributed by atoms with Crippen molar-refractivity contribution in [1.29, 1.82) is 0 Å². The number of piperazine rings is 1. The molecule has 1 saturated heterocycles. The van der Waals surface area contributed by atoms with E-state index in [2.05, 4.69) is 5.32 Å². The van der Waals surface area contributed by atoms with Crippen molar-refractivity contribution in [3.63, 3.8) is 0 Å². The zero-order valence-corrected chi connectivity index (χ0v) is 9.72. The van der Waals surface area contributed by atoms with Crippen molar-refractivity contribution in [2.75, 3.05) is 31.6 Å². The lowest BCUT2D eigenvalue weighted by atomic mass is 10.1. The molecule has 0 bridgehead atoms. The molecule has 1 fully saturated rings. The molecule has 2 rings (SSSR count). The van der Waals surface area contributed by atoms with Crippen LogP contribution in [0.1, 0.15) is 0 Å². The number of ether oxygens (including phenoxy) is 1. The van der Waals surface area contributed by atoms with Gasteiger partial charge in [0, 0.05) is 31.4 Å². The van der Waals surface area contributed by atoms with E-state index in [0.29, 0.717) is 13.1 Å². The summed E-state index contributed by atoms with van der Waals surface area (Å²) in [5, 5.41) is 12.6. The van der Waals surface area contributed by atoms with Crippen molar-refractivity contribution < 1.29 is 14.6 Å². The Morgan fingerprint density at radius 2 is 2.41 bits per heavy atom. The number of hydrogen-bond donors (Lipinski definition) is 2. The number of rotatable bonds is 2. The Morgan fingerprint density at radius 1 is 1.59 bits per heavy atom. The van der Waals surface area contributed by atoms with Crippen LogP contribution in [0.5, 0.6) is 5.75 Å². The molecule has 0 aliphatic carbocycles. The van der Waals surface area contributed by atoms with E-state index in [1.165, 1.54) is 7.11 Å². The zero-order chi connectivity index (χ0) is 12.3. The first-order chi connectivity index (χ1) is 8.22. The maximum Gasteiger partial charge on any atom is 0.329 e. The van der Waals surface area contributed by atoms with E-state index in [1.54, 1.807) is 18.2 Å². The van der Waals surface area contributed by atoms with Crippen molar-refractivity contribution in [1.82, 2.24) is 5.32 Å². The molecule has 0 spiro atoms. The molecule has 1 heterocycles. The molecule has 0 radical (unpaired) electrons. The van der Waals surface area contributed by atoms with E-state index < -0.39 is 0 Å². The summed E-state index contributed by atoms with van der Waals surface area (Å²) in [6.45, 7) is 2.08. The maximum absolute atomic E-state index is 11.7. The minimum atomic E-state index is -0.337. The Morgan fingerprint density at radius 3 is 3.12 bits per heavy atom. The summed E-state index contributed by atoms with van der Waals surface area (Å²) in [5.74, 6) is -0.0646. The minimum absolute atomic E-state index is 0.199. The fourth-order valence-corrected chi connectivity index (χ4v) is 2.03. The van der Waals surface area contributed by atoms with Gasteiger partial charge in [-0.25, -0.2) is 4.79 Å². The van der Waals surface area contributed by atoms with Crippen LogP contribution in [0.4, 0.5) is 5.69 Å². The van der Waals surface area contributed by atoms with Gasteiger partial charge in [0.05, 0.1) is 7.11 Å². The predicted molar refractivity (Wildman–Crippen MR) is 64.1 cm³/mol. The molecule has 92 valence electrons. The summed E-state index contributed by atoms with van der Waals surface area (Å²) in [6, 6.07) is 6.57. The van der Waals surface area contributed by atoms with Gasteiger partial charge in [-0.15, -0.1) is 0 Å².